The normalized spacial score (nSPS) is 9.62. The topological polar surface area (TPSA) is 29.1 Å². The van der Waals surface area contributed by atoms with E-state index in [0.29, 0.717) is 6.41 Å². The van der Waals surface area contributed by atoms with Crippen LogP contribution in [0.2, 0.25) is 0 Å². The van der Waals surface area contributed by atoms with Gasteiger partial charge in [-0.1, -0.05) is 6.92 Å². The molecule has 0 aromatic heterocycles. The Bertz CT molecular complexity index is 82.5. The number of carbonyl (C=O) groups excluding carboxylic acids is 1. The molecule has 2 nitrogen and oxygen atoms in total. The molecule has 0 spiro atoms. The minimum atomic E-state index is 0.646. The van der Waals surface area contributed by atoms with E-state index in [1.807, 2.05) is 5.41 Å². The first-order valence-electron chi connectivity index (χ1n) is 2.38. The molecule has 3 heteroatoms. The molecular formula is C5H9NOS. The Labute approximate surface area is 53.3 Å². The second kappa shape index (κ2) is 6.56. The Morgan fingerprint density at radius 3 is 3.00 bits per heavy atom. The largest absolute Gasteiger partial charge is 0.335 e. The van der Waals surface area contributed by atoms with Crippen LogP contribution in [0.5, 0.6) is 0 Å². The van der Waals surface area contributed by atoms with Crippen molar-refractivity contribution in [1.82, 2.24) is 5.32 Å². The van der Waals surface area contributed by atoms with E-state index in [-0.39, 0.29) is 0 Å². The highest BCUT2D eigenvalue weighted by Gasteiger charge is 1.69. The van der Waals surface area contributed by atoms with Crippen LogP contribution in [-0.4, -0.2) is 12.2 Å². The van der Waals surface area contributed by atoms with Crippen LogP contribution in [0.3, 0.4) is 0 Å². The van der Waals surface area contributed by atoms with Crippen LogP contribution in [0.25, 0.3) is 0 Å². The number of hydrogen-bond donors (Lipinski definition) is 1. The molecule has 0 bridgehead atoms. The molecule has 0 aliphatic heterocycles. The molecule has 0 radical (unpaired) electrons. The first kappa shape index (κ1) is 7.56. The van der Waals surface area contributed by atoms with Crippen LogP contribution in [0.4, 0.5) is 0 Å². The lowest BCUT2D eigenvalue weighted by atomic mass is 11.0. The fourth-order valence-electron chi connectivity index (χ4n) is 0.223. The molecule has 0 fully saturated rings. The quantitative estimate of drug-likeness (QED) is 0.576. The van der Waals surface area contributed by atoms with Gasteiger partial charge in [0.15, 0.2) is 0 Å². The van der Waals surface area contributed by atoms with E-state index < -0.39 is 0 Å². The summed E-state index contributed by atoms with van der Waals surface area (Å²) in [5.74, 6) is 1.04. The third-order valence-electron chi connectivity index (χ3n) is 0.495. The Morgan fingerprint density at radius 2 is 2.50 bits per heavy atom. The molecule has 0 aromatic rings. The average molecular weight is 131 g/mol. The van der Waals surface area contributed by atoms with Gasteiger partial charge in [0.05, 0.1) is 0 Å². The highest BCUT2D eigenvalue weighted by atomic mass is 32.2. The highest BCUT2D eigenvalue weighted by molar-refractivity contribution is 8.02. The van der Waals surface area contributed by atoms with Crippen molar-refractivity contribution < 1.29 is 4.79 Å². The average Bonchev–Trinajstić information content (AvgIpc) is 1.81. The van der Waals surface area contributed by atoms with Gasteiger partial charge in [-0.05, 0) is 11.2 Å². The predicted octanol–water partition coefficient (Wildman–Crippen LogP) is 0.957. The molecule has 0 saturated heterocycles. The van der Waals surface area contributed by atoms with Crippen molar-refractivity contribution in [3.63, 3.8) is 0 Å². The lowest BCUT2D eigenvalue weighted by Crippen LogP contribution is -1.97. The van der Waals surface area contributed by atoms with Crippen molar-refractivity contribution in [2.75, 3.05) is 5.75 Å². The monoisotopic (exact) mass is 131 g/mol. The SMILES string of the molecule is CCSC=CNC=O. The maximum absolute atomic E-state index is 9.60. The van der Waals surface area contributed by atoms with Crippen molar-refractivity contribution in [2.24, 2.45) is 0 Å². The second-order valence-corrected chi connectivity index (χ2v) is 2.23. The molecule has 1 amide bonds. The third kappa shape index (κ3) is 5.56. The standard InChI is InChI=1S/C5H9NOS/c1-2-8-4-3-6-5-7/h3-5H,2H2,1H3,(H,6,7). The zero-order valence-corrected chi connectivity index (χ0v) is 5.57. The zero-order chi connectivity index (χ0) is 6.24. The molecule has 0 unspecified atom stereocenters. The molecule has 0 atom stereocenters. The van der Waals surface area contributed by atoms with E-state index in [1.54, 1.807) is 18.0 Å². The van der Waals surface area contributed by atoms with E-state index in [4.69, 9.17) is 0 Å². The third-order valence-corrected chi connectivity index (χ3v) is 1.16. The Balaban J connectivity index is 2.94. The van der Waals surface area contributed by atoms with Gasteiger partial charge in [0.25, 0.3) is 0 Å². The Morgan fingerprint density at radius 1 is 1.75 bits per heavy atom. The second-order valence-electron chi connectivity index (χ2n) is 1.04. The van der Waals surface area contributed by atoms with Gasteiger partial charge >= 0.3 is 0 Å². The van der Waals surface area contributed by atoms with Crippen LogP contribution < -0.4 is 5.32 Å². The van der Waals surface area contributed by atoms with Gasteiger partial charge in [0, 0.05) is 6.20 Å². The molecule has 8 heavy (non-hydrogen) atoms. The van der Waals surface area contributed by atoms with Crippen molar-refractivity contribution in [3.8, 4) is 0 Å². The maximum atomic E-state index is 9.60. The van der Waals surface area contributed by atoms with Crippen LogP contribution in [0, 0.1) is 0 Å². The van der Waals surface area contributed by atoms with E-state index in [9.17, 15) is 4.79 Å². The van der Waals surface area contributed by atoms with Gasteiger partial charge in [0.1, 0.15) is 0 Å². The summed E-state index contributed by atoms with van der Waals surface area (Å²) in [5, 5.41) is 4.24. The summed E-state index contributed by atoms with van der Waals surface area (Å²) in [4.78, 5) is 9.60. The summed E-state index contributed by atoms with van der Waals surface area (Å²) in [6.45, 7) is 2.05. The predicted molar refractivity (Wildman–Crippen MR) is 36.5 cm³/mol. The van der Waals surface area contributed by atoms with Gasteiger partial charge in [0.2, 0.25) is 6.41 Å². The van der Waals surface area contributed by atoms with Gasteiger partial charge in [-0.15, -0.1) is 11.8 Å². The molecule has 0 aliphatic rings. The van der Waals surface area contributed by atoms with E-state index in [2.05, 4.69) is 12.2 Å². The smallest absolute Gasteiger partial charge is 0.211 e. The molecule has 1 N–H and O–H groups in total. The fraction of sp³-hybridized carbons (Fsp3) is 0.400. The van der Waals surface area contributed by atoms with Gasteiger partial charge in [-0.25, -0.2) is 0 Å². The van der Waals surface area contributed by atoms with Crippen molar-refractivity contribution in [3.05, 3.63) is 11.6 Å². The lowest BCUT2D eigenvalue weighted by Gasteiger charge is -1.82. The molecule has 46 valence electrons. The molecule has 0 saturated carbocycles. The molecule has 0 heterocycles. The minimum Gasteiger partial charge on any atom is -0.335 e. The van der Waals surface area contributed by atoms with Crippen molar-refractivity contribution in [2.45, 2.75) is 6.92 Å². The van der Waals surface area contributed by atoms with Crippen LogP contribution >= 0.6 is 11.8 Å². The number of rotatable bonds is 4. The fourth-order valence-corrected chi connectivity index (χ4v) is 0.590. The van der Waals surface area contributed by atoms with Crippen LogP contribution in [-0.2, 0) is 4.79 Å². The van der Waals surface area contributed by atoms with Crippen molar-refractivity contribution in [1.29, 1.82) is 0 Å². The molecular weight excluding hydrogens is 122 g/mol. The Kier molecular flexibility index (Phi) is 6.20. The number of nitrogens with one attached hydrogen (secondary N) is 1. The number of amides is 1. The summed E-state index contributed by atoms with van der Waals surface area (Å²) in [5.41, 5.74) is 0. The van der Waals surface area contributed by atoms with Gasteiger partial charge in [-0.3, -0.25) is 4.79 Å². The van der Waals surface area contributed by atoms with Crippen LogP contribution in [0.15, 0.2) is 11.6 Å². The zero-order valence-electron chi connectivity index (χ0n) is 4.76. The summed E-state index contributed by atoms with van der Waals surface area (Å²) < 4.78 is 0. The summed E-state index contributed by atoms with van der Waals surface area (Å²) in [7, 11) is 0. The van der Waals surface area contributed by atoms with E-state index >= 15 is 0 Å². The number of carbonyl (C=O) groups is 1. The lowest BCUT2D eigenvalue weighted by molar-refractivity contribution is -0.108. The number of thioether (sulfide) groups is 1. The molecule has 0 aliphatic carbocycles. The van der Waals surface area contributed by atoms with Gasteiger partial charge in [-0.2, -0.15) is 0 Å². The minimum absolute atomic E-state index is 0.646. The summed E-state index contributed by atoms with van der Waals surface area (Å²) in [6, 6.07) is 0. The first-order valence-corrected chi connectivity index (χ1v) is 3.43. The Hall–Kier alpha value is -0.440. The first-order chi connectivity index (χ1) is 3.91. The van der Waals surface area contributed by atoms with Crippen LogP contribution in [0.1, 0.15) is 6.92 Å². The molecule has 0 aromatic carbocycles. The molecule has 0 rings (SSSR count). The maximum Gasteiger partial charge on any atom is 0.211 e. The number of hydrogen-bond acceptors (Lipinski definition) is 2. The van der Waals surface area contributed by atoms with E-state index in [1.165, 1.54) is 0 Å². The summed E-state index contributed by atoms with van der Waals surface area (Å²) >= 11 is 1.65. The van der Waals surface area contributed by atoms with Crippen molar-refractivity contribution >= 4 is 18.2 Å². The van der Waals surface area contributed by atoms with Gasteiger partial charge < -0.3 is 5.32 Å². The van der Waals surface area contributed by atoms with E-state index in [0.717, 1.165) is 5.75 Å². The highest BCUT2D eigenvalue weighted by Crippen LogP contribution is 1.97. The summed E-state index contributed by atoms with van der Waals surface area (Å²) in [6.07, 6.45) is 2.26.